The van der Waals surface area contributed by atoms with Crippen LogP contribution in [0.5, 0.6) is 5.75 Å². The number of hydrogen-bond donors (Lipinski definition) is 1. The second-order valence-electron chi connectivity index (χ2n) is 4.69. The van der Waals surface area contributed by atoms with Gasteiger partial charge in [0.25, 0.3) is 0 Å². The van der Waals surface area contributed by atoms with Gasteiger partial charge < -0.3 is 5.11 Å². The summed E-state index contributed by atoms with van der Waals surface area (Å²) in [6.45, 7) is 0. The van der Waals surface area contributed by atoms with Gasteiger partial charge in [0, 0.05) is 6.42 Å². The first-order chi connectivity index (χ1) is 7.89. The first-order valence-electron chi connectivity index (χ1n) is 5.56. The minimum absolute atomic E-state index is 0.0423. The molecule has 0 spiro atoms. The third-order valence-electron chi connectivity index (χ3n) is 2.99. The second kappa shape index (κ2) is 4.29. The Labute approximate surface area is 100 Å². The predicted molar refractivity (Wildman–Crippen MR) is 63.5 cm³/mol. The van der Waals surface area contributed by atoms with Crippen LogP contribution in [0.1, 0.15) is 18.4 Å². The van der Waals surface area contributed by atoms with E-state index in [9.17, 15) is 17.9 Å². The Bertz CT molecular complexity index is 512. The first kappa shape index (κ1) is 12.4. The molecule has 1 aliphatic heterocycles. The topological polar surface area (TPSA) is 54.4 Å². The summed E-state index contributed by atoms with van der Waals surface area (Å²) in [5, 5.41) is 9.29. The molecule has 1 saturated heterocycles. The van der Waals surface area contributed by atoms with Crippen molar-refractivity contribution in [3.8, 4) is 5.75 Å². The van der Waals surface area contributed by atoms with E-state index in [1.807, 2.05) is 0 Å². The third-order valence-corrected chi connectivity index (χ3v) is 4.86. The number of hydrogen-bond acceptors (Lipinski definition) is 3. The van der Waals surface area contributed by atoms with E-state index in [2.05, 4.69) is 0 Å². The molecule has 0 amide bonds. The molecule has 1 aliphatic rings. The van der Waals surface area contributed by atoms with Gasteiger partial charge in [0.2, 0.25) is 0 Å². The molecule has 1 heterocycles. The van der Waals surface area contributed by atoms with Gasteiger partial charge in [-0.2, -0.15) is 0 Å². The highest BCUT2D eigenvalue weighted by Gasteiger charge is 2.39. The van der Waals surface area contributed by atoms with Crippen LogP contribution >= 0.6 is 0 Å². The van der Waals surface area contributed by atoms with Gasteiger partial charge in [0.05, 0.1) is 11.5 Å². The van der Waals surface area contributed by atoms with Crippen LogP contribution in [0.4, 0.5) is 4.39 Å². The van der Waals surface area contributed by atoms with Gasteiger partial charge in [0.15, 0.2) is 9.84 Å². The Morgan fingerprint density at radius 2 is 2.18 bits per heavy atom. The van der Waals surface area contributed by atoms with Crippen LogP contribution in [0, 0.1) is 0 Å². The summed E-state index contributed by atoms with van der Waals surface area (Å²) in [7, 11) is -3.26. The fourth-order valence-corrected chi connectivity index (χ4v) is 4.08. The van der Waals surface area contributed by atoms with Gasteiger partial charge in [-0.05, 0) is 30.5 Å². The third kappa shape index (κ3) is 3.19. The van der Waals surface area contributed by atoms with Crippen molar-refractivity contribution >= 4 is 9.84 Å². The molecular weight excluding hydrogens is 243 g/mol. The number of rotatable bonds is 2. The molecule has 1 atom stereocenters. The Balaban J connectivity index is 2.17. The fourth-order valence-electron chi connectivity index (χ4n) is 2.32. The maximum absolute atomic E-state index is 14.4. The maximum Gasteiger partial charge on any atom is 0.153 e. The Hall–Kier alpha value is -1.10. The van der Waals surface area contributed by atoms with E-state index < -0.39 is 21.3 Å². The van der Waals surface area contributed by atoms with E-state index in [1.54, 1.807) is 12.1 Å². The van der Waals surface area contributed by atoms with E-state index in [4.69, 9.17) is 0 Å². The van der Waals surface area contributed by atoms with Crippen LogP contribution in [-0.4, -0.2) is 30.7 Å². The SMILES string of the molecule is O=S1(=O)CCCC(F)(Cc2cccc(O)c2)C1. The number of phenols is 1. The Morgan fingerprint density at radius 3 is 2.82 bits per heavy atom. The van der Waals surface area contributed by atoms with Crippen molar-refractivity contribution in [3.05, 3.63) is 29.8 Å². The minimum atomic E-state index is -3.26. The lowest BCUT2D eigenvalue weighted by Gasteiger charge is -2.29. The zero-order valence-corrected chi connectivity index (χ0v) is 10.2. The average molecular weight is 258 g/mol. The van der Waals surface area contributed by atoms with Gasteiger partial charge in [-0.15, -0.1) is 0 Å². The van der Waals surface area contributed by atoms with Crippen LogP contribution in [0.15, 0.2) is 24.3 Å². The van der Waals surface area contributed by atoms with Crippen LogP contribution in [-0.2, 0) is 16.3 Å². The van der Waals surface area contributed by atoms with Crippen LogP contribution in [0.2, 0.25) is 0 Å². The van der Waals surface area contributed by atoms with Crippen molar-refractivity contribution in [3.63, 3.8) is 0 Å². The molecule has 1 aromatic rings. The Morgan fingerprint density at radius 1 is 1.41 bits per heavy atom. The van der Waals surface area contributed by atoms with Crippen LogP contribution in [0.25, 0.3) is 0 Å². The molecular formula is C12H15FO3S. The van der Waals surface area contributed by atoms with E-state index in [0.717, 1.165) is 0 Å². The monoisotopic (exact) mass is 258 g/mol. The molecule has 17 heavy (non-hydrogen) atoms. The number of halogens is 1. The summed E-state index contributed by atoms with van der Waals surface area (Å²) < 4.78 is 37.3. The van der Waals surface area contributed by atoms with E-state index in [1.165, 1.54) is 12.1 Å². The summed E-state index contributed by atoms with van der Waals surface area (Å²) in [5.74, 6) is -0.251. The van der Waals surface area contributed by atoms with Gasteiger partial charge in [-0.25, -0.2) is 12.8 Å². The molecule has 0 aromatic heterocycles. The van der Waals surface area contributed by atoms with Gasteiger partial charge in [0.1, 0.15) is 11.4 Å². The average Bonchev–Trinajstić information content (AvgIpc) is 2.14. The maximum atomic E-state index is 14.4. The molecule has 2 rings (SSSR count). The highest BCUT2D eigenvalue weighted by Crippen LogP contribution is 2.31. The number of phenolic OH excluding ortho intramolecular Hbond substituents is 1. The smallest absolute Gasteiger partial charge is 0.153 e. The van der Waals surface area contributed by atoms with Crippen LogP contribution in [0.3, 0.4) is 0 Å². The molecule has 3 nitrogen and oxygen atoms in total. The molecule has 0 bridgehead atoms. The highest BCUT2D eigenvalue weighted by molar-refractivity contribution is 7.91. The number of aromatic hydroxyl groups is 1. The summed E-state index contributed by atoms with van der Waals surface area (Å²) in [5.41, 5.74) is -1.06. The highest BCUT2D eigenvalue weighted by atomic mass is 32.2. The lowest BCUT2D eigenvalue weighted by molar-refractivity contribution is 0.171. The first-order valence-corrected chi connectivity index (χ1v) is 7.38. The van der Waals surface area contributed by atoms with Gasteiger partial charge >= 0.3 is 0 Å². The molecule has 1 unspecified atom stereocenters. The summed E-state index contributed by atoms with van der Waals surface area (Å²) in [6, 6.07) is 6.31. The Kier molecular flexibility index (Phi) is 3.12. The summed E-state index contributed by atoms with van der Waals surface area (Å²) in [6.07, 6.45) is 0.681. The lowest BCUT2D eigenvalue weighted by Crippen LogP contribution is -2.40. The van der Waals surface area contributed by atoms with Crippen molar-refractivity contribution in [2.24, 2.45) is 0 Å². The molecule has 0 radical (unpaired) electrons. The van der Waals surface area contributed by atoms with Crippen LogP contribution < -0.4 is 0 Å². The normalized spacial score (nSPS) is 27.8. The quantitative estimate of drug-likeness (QED) is 0.880. The van der Waals surface area contributed by atoms with Crippen molar-refractivity contribution in [1.82, 2.24) is 0 Å². The molecule has 0 saturated carbocycles. The molecule has 0 aliphatic carbocycles. The molecule has 94 valence electrons. The predicted octanol–water partition coefficient (Wildman–Crippen LogP) is 1.85. The summed E-state index contributed by atoms with van der Waals surface area (Å²) in [4.78, 5) is 0. The zero-order valence-electron chi connectivity index (χ0n) is 9.39. The van der Waals surface area contributed by atoms with Crippen molar-refractivity contribution in [2.45, 2.75) is 24.9 Å². The molecule has 5 heteroatoms. The molecule has 1 fully saturated rings. The van der Waals surface area contributed by atoms with Gasteiger partial charge in [-0.3, -0.25) is 0 Å². The minimum Gasteiger partial charge on any atom is -0.508 e. The van der Waals surface area contributed by atoms with E-state index >= 15 is 0 Å². The standard InChI is InChI=1S/C12H15FO3S/c13-12(5-2-6-17(15,16)9-12)8-10-3-1-4-11(14)7-10/h1,3-4,7,14H,2,5-6,8-9H2. The fraction of sp³-hybridized carbons (Fsp3) is 0.500. The number of alkyl halides is 1. The number of sulfone groups is 1. The lowest BCUT2D eigenvalue weighted by atomic mass is 9.93. The summed E-state index contributed by atoms with van der Waals surface area (Å²) >= 11 is 0. The zero-order chi connectivity index (χ0) is 12.5. The molecule has 1 N–H and O–H groups in total. The van der Waals surface area contributed by atoms with E-state index in [-0.39, 0.29) is 24.3 Å². The largest absolute Gasteiger partial charge is 0.508 e. The van der Waals surface area contributed by atoms with Gasteiger partial charge in [-0.1, -0.05) is 12.1 Å². The molecule has 1 aromatic carbocycles. The van der Waals surface area contributed by atoms with Crippen molar-refractivity contribution in [1.29, 1.82) is 0 Å². The van der Waals surface area contributed by atoms with E-state index in [0.29, 0.717) is 12.0 Å². The van der Waals surface area contributed by atoms with Crippen molar-refractivity contribution < 1.29 is 17.9 Å². The number of benzene rings is 1. The van der Waals surface area contributed by atoms with Crippen molar-refractivity contribution in [2.75, 3.05) is 11.5 Å². The second-order valence-corrected chi connectivity index (χ2v) is 6.88.